The van der Waals surface area contributed by atoms with Crippen molar-refractivity contribution in [3.63, 3.8) is 0 Å². The van der Waals surface area contributed by atoms with Gasteiger partial charge in [0.25, 0.3) is 0 Å². The number of hydrogen-bond acceptors (Lipinski definition) is 4. The summed E-state index contributed by atoms with van der Waals surface area (Å²) in [5, 5.41) is 6.72. The number of rotatable bonds is 3. The van der Waals surface area contributed by atoms with Crippen molar-refractivity contribution in [2.24, 2.45) is 10.7 Å². The lowest BCUT2D eigenvalue weighted by Crippen LogP contribution is -2.36. The van der Waals surface area contributed by atoms with Crippen LogP contribution in [-0.2, 0) is 0 Å². The molecule has 2 atom stereocenters. The van der Waals surface area contributed by atoms with E-state index in [1.807, 2.05) is 0 Å². The van der Waals surface area contributed by atoms with Gasteiger partial charge in [0.05, 0.1) is 18.3 Å². The molecule has 5 N–H and O–H groups in total. The number of nitrogens with two attached hydrogens (primary N) is 1. The summed E-state index contributed by atoms with van der Waals surface area (Å²) in [6.07, 6.45) is 9.67. The molecule has 2 saturated heterocycles. The molecule has 0 aromatic carbocycles. The van der Waals surface area contributed by atoms with E-state index in [0.29, 0.717) is 11.9 Å². The Morgan fingerprint density at radius 2 is 2.18 bits per heavy atom. The van der Waals surface area contributed by atoms with Crippen molar-refractivity contribution < 1.29 is 0 Å². The van der Waals surface area contributed by atoms with Crippen LogP contribution in [0.2, 0.25) is 0 Å². The van der Waals surface area contributed by atoms with Gasteiger partial charge < -0.3 is 21.4 Å². The second-order valence-electron chi connectivity index (χ2n) is 5.62. The fraction of sp³-hybridized carbons (Fsp3) is 0.500. The molecule has 0 saturated carbocycles. The Morgan fingerprint density at radius 1 is 1.32 bits per heavy atom. The highest BCUT2D eigenvalue weighted by Gasteiger charge is 2.18. The summed E-state index contributed by atoms with van der Waals surface area (Å²) in [5.41, 5.74) is 6.73. The van der Waals surface area contributed by atoms with Crippen LogP contribution in [0.4, 0.5) is 0 Å². The number of amidine groups is 1. The van der Waals surface area contributed by atoms with Crippen LogP contribution in [0.25, 0.3) is 0 Å². The molecule has 2 aliphatic rings. The Kier molecular flexibility index (Phi) is 4.88. The van der Waals surface area contributed by atoms with Crippen molar-refractivity contribution in [2.75, 3.05) is 13.1 Å². The van der Waals surface area contributed by atoms with Gasteiger partial charge in [0.1, 0.15) is 17.4 Å². The maximum absolute atomic E-state index is 5.91. The molecule has 0 spiro atoms. The predicted octanol–water partition coefficient (Wildman–Crippen LogP) is 0.809. The number of imidazole rings is 1. The minimum absolute atomic E-state index is 0.215. The molecule has 2 fully saturated rings. The summed E-state index contributed by atoms with van der Waals surface area (Å²) >= 11 is 0. The van der Waals surface area contributed by atoms with E-state index in [-0.39, 0.29) is 6.04 Å². The van der Waals surface area contributed by atoms with E-state index in [2.05, 4.69) is 37.4 Å². The standard InChI is InChI=1S/C16H22N6/c17-15(13-6-3-9-18-13)20-8-2-1-5-12-11-21-16(22-12)14-7-4-10-19-14/h2,8,11,13-14,18-19H,3-4,6-7,9-10H2,(H2,17,20)(H,21,22)/b8-2+/t13-,14-/m0/s1. The Labute approximate surface area is 130 Å². The third-order valence-electron chi connectivity index (χ3n) is 3.99. The second kappa shape index (κ2) is 7.25. The lowest BCUT2D eigenvalue weighted by atomic mass is 10.2. The molecule has 6 heteroatoms. The molecule has 22 heavy (non-hydrogen) atoms. The first-order valence-corrected chi connectivity index (χ1v) is 7.84. The van der Waals surface area contributed by atoms with Crippen molar-refractivity contribution in [2.45, 2.75) is 37.8 Å². The molecule has 2 aliphatic heterocycles. The Morgan fingerprint density at radius 3 is 2.95 bits per heavy atom. The number of allylic oxidation sites excluding steroid dienone is 1. The van der Waals surface area contributed by atoms with Crippen LogP contribution < -0.4 is 16.4 Å². The van der Waals surface area contributed by atoms with E-state index in [1.54, 1.807) is 18.5 Å². The number of nitrogens with one attached hydrogen (secondary N) is 3. The summed E-state index contributed by atoms with van der Waals surface area (Å²) in [7, 11) is 0. The van der Waals surface area contributed by atoms with Gasteiger partial charge in [-0.1, -0.05) is 5.92 Å². The molecule has 1 aromatic rings. The van der Waals surface area contributed by atoms with Crippen LogP contribution >= 0.6 is 0 Å². The van der Waals surface area contributed by atoms with Crippen molar-refractivity contribution in [3.8, 4) is 11.8 Å². The Hall–Kier alpha value is -2.10. The van der Waals surface area contributed by atoms with Gasteiger partial charge in [-0.3, -0.25) is 0 Å². The van der Waals surface area contributed by atoms with E-state index in [1.165, 1.54) is 6.42 Å². The monoisotopic (exact) mass is 298 g/mol. The third kappa shape index (κ3) is 3.75. The second-order valence-corrected chi connectivity index (χ2v) is 5.62. The van der Waals surface area contributed by atoms with Crippen LogP contribution in [0.1, 0.15) is 43.2 Å². The fourth-order valence-corrected chi connectivity index (χ4v) is 2.80. The van der Waals surface area contributed by atoms with Crippen molar-refractivity contribution >= 4 is 5.84 Å². The lowest BCUT2D eigenvalue weighted by Gasteiger charge is -2.06. The predicted molar refractivity (Wildman–Crippen MR) is 87.2 cm³/mol. The Balaban J connectivity index is 1.54. The van der Waals surface area contributed by atoms with E-state index in [4.69, 9.17) is 5.73 Å². The summed E-state index contributed by atoms with van der Waals surface area (Å²) < 4.78 is 0. The molecule has 0 bridgehead atoms. The maximum Gasteiger partial charge on any atom is 0.124 e. The molecule has 3 heterocycles. The summed E-state index contributed by atoms with van der Waals surface area (Å²) in [6.45, 7) is 2.08. The van der Waals surface area contributed by atoms with Crippen molar-refractivity contribution in [3.05, 3.63) is 30.0 Å². The normalized spacial score (nSPS) is 25.5. The molecule has 0 aliphatic carbocycles. The smallest absolute Gasteiger partial charge is 0.124 e. The van der Waals surface area contributed by atoms with Crippen LogP contribution in [0.5, 0.6) is 0 Å². The first-order valence-electron chi connectivity index (χ1n) is 7.84. The number of nitrogens with zero attached hydrogens (tertiary/aromatic N) is 2. The number of aliphatic imine (C=N–C) groups is 1. The number of aromatic amines is 1. The van der Waals surface area contributed by atoms with Gasteiger partial charge in [-0.25, -0.2) is 9.98 Å². The quantitative estimate of drug-likeness (QED) is 0.377. The van der Waals surface area contributed by atoms with E-state index >= 15 is 0 Å². The van der Waals surface area contributed by atoms with Gasteiger partial charge in [0.2, 0.25) is 0 Å². The molecule has 0 radical (unpaired) electrons. The molecule has 3 rings (SSSR count). The van der Waals surface area contributed by atoms with Crippen LogP contribution in [-0.4, -0.2) is 34.9 Å². The van der Waals surface area contributed by atoms with Crippen molar-refractivity contribution in [1.29, 1.82) is 0 Å². The van der Waals surface area contributed by atoms with E-state index in [0.717, 1.165) is 43.9 Å². The first kappa shape index (κ1) is 14.8. The zero-order chi connectivity index (χ0) is 15.2. The summed E-state index contributed by atoms with van der Waals surface area (Å²) in [4.78, 5) is 11.8. The number of H-pyrrole nitrogens is 1. The zero-order valence-corrected chi connectivity index (χ0v) is 12.6. The molecule has 0 amide bonds. The molecular weight excluding hydrogens is 276 g/mol. The molecule has 1 aromatic heterocycles. The van der Waals surface area contributed by atoms with Gasteiger partial charge in [-0.15, -0.1) is 0 Å². The number of aromatic nitrogens is 2. The maximum atomic E-state index is 5.91. The third-order valence-corrected chi connectivity index (χ3v) is 3.99. The summed E-state index contributed by atoms with van der Waals surface area (Å²) in [5.74, 6) is 7.57. The zero-order valence-electron chi connectivity index (χ0n) is 12.6. The highest BCUT2D eigenvalue weighted by molar-refractivity contribution is 5.86. The molecule has 0 unspecified atom stereocenters. The van der Waals surface area contributed by atoms with Gasteiger partial charge in [0.15, 0.2) is 0 Å². The minimum atomic E-state index is 0.215. The van der Waals surface area contributed by atoms with Gasteiger partial charge in [-0.05, 0) is 44.7 Å². The SMILES string of the molecule is N/C(=N\C=C\C#Cc1cnc([C@@H]2CCCN2)[nH]1)[C@@H]1CCCN1. The molecule has 116 valence electrons. The average Bonchev–Trinajstić information content (AvgIpc) is 3.26. The van der Waals surface area contributed by atoms with Crippen LogP contribution in [0, 0.1) is 11.8 Å². The van der Waals surface area contributed by atoms with Gasteiger partial charge >= 0.3 is 0 Å². The molecule has 6 nitrogen and oxygen atoms in total. The highest BCUT2D eigenvalue weighted by Crippen LogP contribution is 2.19. The van der Waals surface area contributed by atoms with Crippen LogP contribution in [0.15, 0.2) is 23.5 Å². The largest absolute Gasteiger partial charge is 0.386 e. The minimum Gasteiger partial charge on any atom is -0.386 e. The van der Waals surface area contributed by atoms with Gasteiger partial charge in [0, 0.05) is 12.3 Å². The average molecular weight is 298 g/mol. The lowest BCUT2D eigenvalue weighted by molar-refractivity contribution is 0.612. The molecular formula is C16H22N6. The number of hydrogen-bond donors (Lipinski definition) is 4. The topological polar surface area (TPSA) is 91.1 Å². The van der Waals surface area contributed by atoms with Crippen molar-refractivity contribution in [1.82, 2.24) is 20.6 Å². The van der Waals surface area contributed by atoms with Crippen LogP contribution in [0.3, 0.4) is 0 Å². The highest BCUT2D eigenvalue weighted by atomic mass is 15.0. The Bertz CT molecular complexity index is 606. The van der Waals surface area contributed by atoms with E-state index < -0.39 is 0 Å². The van der Waals surface area contributed by atoms with Gasteiger partial charge in [-0.2, -0.15) is 0 Å². The first-order chi connectivity index (χ1) is 10.8. The van der Waals surface area contributed by atoms with E-state index in [9.17, 15) is 0 Å². The fourth-order valence-electron chi connectivity index (χ4n) is 2.80. The summed E-state index contributed by atoms with van der Waals surface area (Å²) in [6, 6.07) is 0.557.